The molecule has 1 aromatic carbocycles. The number of carbonyl (C=O) groups is 1. The van der Waals surface area contributed by atoms with E-state index in [1.165, 1.54) is 5.56 Å². The lowest BCUT2D eigenvalue weighted by Crippen LogP contribution is -2.32. The Kier molecular flexibility index (Phi) is 5.66. The van der Waals surface area contributed by atoms with Gasteiger partial charge < -0.3 is 10.4 Å². The van der Waals surface area contributed by atoms with Crippen LogP contribution >= 0.6 is 11.3 Å². The van der Waals surface area contributed by atoms with Gasteiger partial charge in [-0.25, -0.2) is 0 Å². The zero-order chi connectivity index (χ0) is 16.9. The molecular formula is C19H24N2O2S. The Hall–Kier alpha value is -1.69. The molecule has 1 aliphatic rings. The fourth-order valence-corrected chi connectivity index (χ4v) is 4.11. The molecule has 1 unspecified atom stereocenters. The van der Waals surface area contributed by atoms with Crippen molar-refractivity contribution in [3.63, 3.8) is 0 Å². The maximum atomic E-state index is 12.3. The Morgan fingerprint density at radius 2 is 2.12 bits per heavy atom. The Morgan fingerprint density at radius 3 is 2.83 bits per heavy atom. The maximum Gasteiger partial charge on any atom is 0.252 e. The second kappa shape index (κ2) is 7.92. The van der Waals surface area contributed by atoms with Crippen LogP contribution in [0.15, 0.2) is 35.0 Å². The van der Waals surface area contributed by atoms with Gasteiger partial charge in [-0.1, -0.05) is 24.3 Å². The molecule has 2 heterocycles. The zero-order valence-corrected chi connectivity index (χ0v) is 14.8. The van der Waals surface area contributed by atoms with Gasteiger partial charge in [0.15, 0.2) is 0 Å². The fourth-order valence-electron chi connectivity index (χ4n) is 3.28. The van der Waals surface area contributed by atoms with E-state index in [2.05, 4.69) is 22.3 Å². The van der Waals surface area contributed by atoms with Crippen LogP contribution in [-0.2, 0) is 13.1 Å². The number of aryl methyl sites for hydroxylation is 1. The molecule has 2 aromatic rings. The van der Waals surface area contributed by atoms with Crippen molar-refractivity contribution in [2.24, 2.45) is 0 Å². The summed E-state index contributed by atoms with van der Waals surface area (Å²) >= 11 is 1.55. The minimum absolute atomic E-state index is 0.0158. The maximum absolute atomic E-state index is 12.3. The van der Waals surface area contributed by atoms with E-state index >= 15 is 0 Å². The third kappa shape index (κ3) is 3.86. The van der Waals surface area contributed by atoms with Gasteiger partial charge in [0.1, 0.15) is 0 Å². The number of hydrogen-bond donors (Lipinski definition) is 2. The number of amides is 1. The van der Waals surface area contributed by atoms with Gasteiger partial charge in [-0.15, -0.1) is 0 Å². The van der Waals surface area contributed by atoms with Crippen molar-refractivity contribution in [2.45, 2.75) is 38.9 Å². The van der Waals surface area contributed by atoms with Gasteiger partial charge >= 0.3 is 0 Å². The summed E-state index contributed by atoms with van der Waals surface area (Å²) in [6.45, 7) is 4.56. The minimum Gasteiger partial charge on any atom is -0.395 e. The first-order chi connectivity index (χ1) is 11.7. The highest BCUT2D eigenvalue weighted by Gasteiger charge is 2.24. The first-order valence-corrected chi connectivity index (χ1v) is 9.36. The van der Waals surface area contributed by atoms with Crippen LogP contribution in [0.5, 0.6) is 0 Å². The molecule has 1 saturated heterocycles. The molecule has 1 aromatic heterocycles. The fraction of sp³-hybridized carbons (Fsp3) is 0.421. The molecule has 0 spiro atoms. The number of carbonyl (C=O) groups excluding carboxylic acids is 1. The van der Waals surface area contributed by atoms with E-state index in [-0.39, 0.29) is 18.6 Å². The van der Waals surface area contributed by atoms with Crippen LogP contribution in [-0.4, -0.2) is 35.1 Å². The van der Waals surface area contributed by atoms with E-state index in [1.54, 1.807) is 11.3 Å². The van der Waals surface area contributed by atoms with E-state index in [1.807, 2.05) is 29.8 Å². The van der Waals surface area contributed by atoms with Crippen LogP contribution in [0.25, 0.3) is 0 Å². The van der Waals surface area contributed by atoms with Gasteiger partial charge in [0.25, 0.3) is 5.91 Å². The summed E-state index contributed by atoms with van der Waals surface area (Å²) in [6.07, 6.45) is 2.20. The molecule has 1 amide bonds. The molecule has 1 fully saturated rings. The van der Waals surface area contributed by atoms with Crippen LogP contribution < -0.4 is 5.32 Å². The number of aliphatic hydroxyl groups excluding tert-OH is 1. The highest BCUT2D eigenvalue weighted by atomic mass is 32.1. The molecule has 0 aliphatic carbocycles. The van der Waals surface area contributed by atoms with E-state index in [0.29, 0.717) is 6.54 Å². The summed E-state index contributed by atoms with van der Waals surface area (Å²) < 4.78 is 0. The smallest absolute Gasteiger partial charge is 0.252 e. The Labute approximate surface area is 147 Å². The van der Waals surface area contributed by atoms with Crippen molar-refractivity contribution in [3.8, 4) is 0 Å². The summed E-state index contributed by atoms with van der Waals surface area (Å²) in [5.41, 5.74) is 4.15. The summed E-state index contributed by atoms with van der Waals surface area (Å²) in [4.78, 5) is 14.6. The third-order valence-electron chi connectivity index (χ3n) is 4.74. The number of rotatable bonds is 6. The van der Waals surface area contributed by atoms with Crippen molar-refractivity contribution in [1.29, 1.82) is 0 Å². The number of thiophene rings is 1. The Balaban J connectivity index is 1.66. The quantitative estimate of drug-likeness (QED) is 0.847. The number of nitrogens with zero attached hydrogens (tertiary/aromatic N) is 1. The average molecular weight is 344 g/mol. The zero-order valence-electron chi connectivity index (χ0n) is 14.0. The predicted octanol–water partition coefficient (Wildman–Crippen LogP) is 2.94. The minimum atomic E-state index is -0.0158. The van der Waals surface area contributed by atoms with Gasteiger partial charge in [-0.2, -0.15) is 11.3 Å². The molecule has 1 aliphatic heterocycles. The topological polar surface area (TPSA) is 52.6 Å². The normalized spacial score (nSPS) is 18.0. The highest BCUT2D eigenvalue weighted by molar-refractivity contribution is 7.08. The largest absolute Gasteiger partial charge is 0.395 e. The molecule has 0 radical (unpaired) electrons. The van der Waals surface area contributed by atoms with Gasteiger partial charge in [0.2, 0.25) is 0 Å². The van der Waals surface area contributed by atoms with Gasteiger partial charge in [-0.3, -0.25) is 9.69 Å². The van der Waals surface area contributed by atoms with Crippen molar-refractivity contribution < 1.29 is 9.90 Å². The lowest BCUT2D eigenvalue weighted by Gasteiger charge is -2.24. The van der Waals surface area contributed by atoms with Gasteiger partial charge in [0.05, 0.1) is 12.2 Å². The second-order valence-corrected chi connectivity index (χ2v) is 7.11. The Bertz CT molecular complexity index is 698. The number of aliphatic hydroxyl groups is 1. The van der Waals surface area contributed by atoms with E-state index in [4.69, 9.17) is 0 Å². The second-order valence-electron chi connectivity index (χ2n) is 6.37. The Morgan fingerprint density at radius 1 is 1.33 bits per heavy atom. The third-order valence-corrected chi connectivity index (χ3v) is 5.60. The molecule has 128 valence electrons. The summed E-state index contributed by atoms with van der Waals surface area (Å²) in [7, 11) is 0. The summed E-state index contributed by atoms with van der Waals surface area (Å²) in [5, 5.41) is 16.4. The lowest BCUT2D eigenvalue weighted by atomic mass is 10.1. The van der Waals surface area contributed by atoms with Crippen molar-refractivity contribution in [3.05, 3.63) is 57.3 Å². The van der Waals surface area contributed by atoms with E-state index < -0.39 is 0 Å². The van der Waals surface area contributed by atoms with Crippen molar-refractivity contribution in [1.82, 2.24) is 10.2 Å². The molecule has 0 bridgehead atoms. The van der Waals surface area contributed by atoms with Crippen LogP contribution in [0, 0.1) is 6.92 Å². The van der Waals surface area contributed by atoms with Crippen LogP contribution in [0.3, 0.4) is 0 Å². The number of nitrogens with one attached hydrogen (secondary N) is 1. The molecular weight excluding hydrogens is 320 g/mol. The van der Waals surface area contributed by atoms with E-state index in [0.717, 1.165) is 42.6 Å². The van der Waals surface area contributed by atoms with Crippen LogP contribution in [0.4, 0.5) is 0 Å². The van der Waals surface area contributed by atoms with Crippen molar-refractivity contribution in [2.75, 3.05) is 13.2 Å². The van der Waals surface area contributed by atoms with Gasteiger partial charge in [0, 0.05) is 24.5 Å². The first-order valence-electron chi connectivity index (χ1n) is 8.41. The van der Waals surface area contributed by atoms with Crippen LogP contribution in [0.2, 0.25) is 0 Å². The molecule has 3 rings (SSSR count). The molecule has 1 atom stereocenters. The number of hydrogen-bond acceptors (Lipinski definition) is 4. The average Bonchev–Trinajstić information content (AvgIpc) is 3.22. The number of likely N-dealkylation sites (tertiary alicyclic amines) is 1. The lowest BCUT2D eigenvalue weighted by molar-refractivity contribution is 0.0950. The predicted molar refractivity (Wildman–Crippen MR) is 97.2 cm³/mol. The molecule has 4 nitrogen and oxygen atoms in total. The monoisotopic (exact) mass is 344 g/mol. The standard InChI is InChI=1S/C19H24N2O2S/c1-14-12-24-13-18(14)19(23)20-9-15-5-2-3-6-16(15)10-21-8-4-7-17(21)11-22/h2-3,5-6,12-13,17,22H,4,7-11H2,1H3,(H,20,23). The van der Waals surface area contributed by atoms with Crippen LogP contribution in [0.1, 0.15) is 39.9 Å². The molecule has 0 saturated carbocycles. The summed E-state index contributed by atoms with van der Waals surface area (Å²) in [5.74, 6) is -0.0158. The number of benzene rings is 1. The summed E-state index contributed by atoms with van der Waals surface area (Å²) in [6, 6.07) is 8.49. The van der Waals surface area contributed by atoms with Gasteiger partial charge in [-0.05, 0) is 48.4 Å². The van der Waals surface area contributed by atoms with Crippen molar-refractivity contribution >= 4 is 17.2 Å². The molecule has 5 heteroatoms. The first kappa shape index (κ1) is 17.1. The highest BCUT2D eigenvalue weighted by Crippen LogP contribution is 2.21. The molecule has 2 N–H and O–H groups in total. The SMILES string of the molecule is Cc1cscc1C(=O)NCc1ccccc1CN1CCCC1CO. The molecule has 24 heavy (non-hydrogen) atoms. The van der Waals surface area contributed by atoms with E-state index in [9.17, 15) is 9.90 Å².